The first-order valence-corrected chi connectivity index (χ1v) is 10.7. The minimum atomic E-state index is -4.32. The Labute approximate surface area is 179 Å². The van der Waals surface area contributed by atoms with E-state index in [1.165, 1.54) is 12.5 Å². The van der Waals surface area contributed by atoms with Crippen molar-refractivity contribution in [2.75, 3.05) is 13.1 Å². The highest BCUT2D eigenvalue weighted by Crippen LogP contribution is 2.31. The third-order valence-electron chi connectivity index (χ3n) is 5.97. The first-order chi connectivity index (χ1) is 14.8. The Balaban J connectivity index is 1.52. The molecule has 4 nitrogen and oxygen atoms in total. The molecule has 1 unspecified atom stereocenters. The van der Waals surface area contributed by atoms with Crippen LogP contribution >= 0.6 is 0 Å². The van der Waals surface area contributed by atoms with Crippen LogP contribution in [0.3, 0.4) is 0 Å². The number of amides is 1. The number of rotatable bonds is 5. The number of benzene rings is 2. The Kier molecular flexibility index (Phi) is 6.03. The quantitative estimate of drug-likeness (QED) is 0.546. The fourth-order valence-corrected chi connectivity index (χ4v) is 4.50. The Bertz CT molecular complexity index is 1040. The van der Waals surface area contributed by atoms with E-state index < -0.39 is 24.4 Å². The van der Waals surface area contributed by atoms with Crippen LogP contribution in [0.15, 0.2) is 54.6 Å². The first kappa shape index (κ1) is 21.4. The number of hydrogen-bond acceptors (Lipinski definition) is 2. The summed E-state index contributed by atoms with van der Waals surface area (Å²) >= 11 is 0. The molecule has 3 aromatic rings. The largest absolute Gasteiger partial charge is 0.389 e. The van der Waals surface area contributed by atoms with Crippen molar-refractivity contribution in [1.82, 2.24) is 14.5 Å². The molecule has 0 spiro atoms. The third kappa shape index (κ3) is 4.92. The number of carbonyl (C=O) groups is 1. The van der Waals surface area contributed by atoms with Gasteiger partial charge in [-0.25, -0.2) is 4.98 Å². The van der Waals surface area contributed by atoms with Crippen molar-refractivity contribution in [3.05, 3.63) is 66.0 Å². The molecule has 164 valence electrons. The van der Waals surface area contributed by atoms with Gasteiger partial charge < -0.3 is 9.47 Å². The van der Waals surface area contributed by atoms with Crippen molar-refractivity contribution in [3.63, 3.8) is 0 Å². The van der Waals surface area contributed by atoms with Crippen LogP contribution in [0.1, 0.15) is 43.6 Å². The number of imidazole rings is 1. The highest BCUT2D eigenvalue weighted by molar-refractivity contribution is 5.79. The van der Waals surface area contributed by atoms with Gasteiger partial charge >= 0.3 is 6.18 Å². The van der Waals surface area contributed by atoms with Gasteiger partial charge in [-0.05, 0) is 30.5 Å². The van der Waals surface area contributed by atoms with Gasteiger partial charge in [0.1, 0.15) is 5.82 Å². The van der Waals surface area contributed by atoms with Crippen molar-refractivity contribution >= 4 is 16.9 Å². The Morgan fingerprint density at radius 3 is 2.39 bits per heavy atom. The molecular weight excluding hydrogens is 403 g/mol. The molecule has 0 radical (unpaired) electrons. The minimum absolute atomic E-state index is 0.160. The number of carbonyl (C=O) groups excluding carboxylic acids is 1. The summed E-state index contributed by atoms with van der Waals surface area (Å²) in [5.74, 6) is -0.474. The maximum atomic E-state index is 12.7. The molecule has 1 amide bonds. The van der Waals surface area contributed by atoms with E-state index >= 15 is 0 Å². The molecule has 31 heavy (non-hydrogen) atoms. The lowest BCUT2D eigenvalue weighted by molar-refractivity contribution is -0.158. The van der Waals surface area contributed by atoms with Crippen molar-refractivity contribution in [3.8, 4) is 0 Å². The predicted octanol–water partition coefficient (Wildman–Crippen LogP) is 5.38. The number of para-hydroxylation sites is 2. The SMILES string of the molecule is CC(CC(F)(F)F)C(=O)N1CCC(n2c(Cc3ccccc3)nc3ccccc32)CC1. The number of halogens is 3. The molecule has 0 bridgehead atoms. The van der Waals surface area contributed by atoms with Gasteiger partial charge in [-0.2, -0.15) is 13.2 Å². The summed E-state index contributed by atoms with van der Waals surface area (Å²) in [6.45, 7) is 2.29. The second-order valence-corrected chi connectivity index (χ2v) is 8.33. The van der Waals surface area contributed by atoms with E-state index in [0.717, 1.165) is 16.9 Å². The molecule has 0 saturated carbocycles. The number of nitrogens with zero attached hydrogens (tertiary/aromatic N) is 3. The van der Waals surface area contributed by atoms with Gasteiger partial charge in [0.25, 0.3) is 0 Å². The lowest BCUT2D eigenvalue weighted by Gasteiger charge is -2.35. The van der Waals surface area contributed by atoms with Crippen molar-refractivity contribution in [2.45, 2.75) is 44.8 Å². The van der Waals surface area contributed by atoms with Crippen LogP contribution < -0.4 is 0 Å². The highest BCUT2D eigenvalue weighted by atomic mass is 19.4. The molecule has 1 saturated heterocycles. The summed E-state index contributed by atoms with van der Waals surface area (Å²) in [5, 5.41) is 0. The van der Waals surface area contributed by atoms with Crippen LogP contribution in [0.2, 0.25) is 0 Å². The zero-order valence-electron chi connectivity index (χ0n) is 17.5. The average Bonchev–Trinajstić information content (AvgIpc) is 3.10. The van der Waals surface area contributed by atoms with E-state index in [2.05, 4.69) is 22.8 Å². The van der Waals surface area contributed by atoms with Crippen molar-refractivity contribution < 1.29 is 18.0 Å². The Morgan fingerprint density at radius 1 is 1.06 bits per heavy atom. The Hall–Kier alpha value is -2.83. The molecule has 0 aliphatic carbocycles. The highest BCUT2D eigenvalue weighted by Gasteiger charge is 2.36. The normalized spacial score (nSPS) is 16.6. The summed E-state index contributed by atoms with van der Waals surface area (Å²) in [4.78, 5) is 18.9. The van der Waals surface area contributed by atoms with E-state index in [4.69, 9.17) is 4.98 Å². The van der Waals surface area contributed by atoms with Crippen LogP contribution in [0.25, 0.3) is 11.0 Å². The molecule has 1 aliphatic rings. The third-order valence-corrected chi connectivity index (χ3v) is 5.97. The maximum Gasteiger partial charge on any atom is 0.389 e. The number of aromatic nitrogens is 2. The number of piperidine rings is 1. The fraction of sp³-hybridized carbons (Fsp3) is 0.417. The maximum absolute atomic E-state index is 12.7. The smallest absolute Gasteiger partial charge is 0.342 e. The molecular formula is C24H26F3N3O. The van der Waals surface area contributed by atoms with Crippen LogP contribution in [0.5, 0.6) is 0 Å². The molecule has 1 aliphatic heterocycles. The second-order valence-electron chi connectivity index (χ2n) is 8.33. The van der Waals surface area contributed by atoms with Gasteiger partial charge in [0.15, 0.2) is 0 Å². The standard InChI is InChI=1S/C24H26F3N3O/c1-17(16-24(25,26)27)23(31)29-13-11-19(12-14-29)30-21-10-6-5-9-20(21)28-22(30)15-18-7-3-2-4-8-18/h2-10,17,19H,11-16H2,1H3. The van der Waals surface area contributed by atoms with E-state index in [-0.39, 0.29) is 6.04 Å². The number of fused-ring (bicyclic) bond motifs is 1. The molecule has 4 rings (SSSR count). The zero-order valence-corrected chi connectivity index (χ0v) is 17.5. The van der Waals surface area contributed by atoms with Crippen LogP contribution in [-0.2, 0) is 11.2 Å². The predicted molar refractivity (Wildman–Crippen MR) is 114 cm³/mol. The van der Waals surface area contributed by atoms with E-state index in [9.17, 15) is 18.0 Å². The van der Waals surface area contributed by atoms with Crippen LogP contribution in [0, 0.1) is 5.92 Å². The minimum Gasteiger partial charge on any atom is -0.342 e. The lowest BCUT2D eigenvalue weighted by atomic mass is 10.00. The van der Waals surface area contributed by atoms with Gasteiger partial charge in [-0.15, -0.1) is 0 Å². The zero-order chi connectivity index (χ0) is 22.0. The molecule has 1 atom stereocenters. The Morgan fingerprint density at radius 2 is 1.71 bits per heavy atom. The molecule has 1 fully saturated rings. The van der Waals surface area contributed by atoms with Crippen LogP contribution in [0.4, 0.5) is 13.2 Å². The number of alkyl halides is 3. The first-order valence-electron chi connectivity index (χ1n) is 10.7. The second kappa shape index (κ2) is 8.73. The van der Waals surface area contributed by atoms with Crippen molar-refractivity contribution in [1.29, 1.82) is 0 Å². The summed E-state index contributed by atoms with van der Waals surface area (Å²) in [7, 11) is 0. The fourth-order valence-electron chi connectivity index (χ4n) is 4.50. The number of likely N-dealkylation sites (tertiary alicyclic amines) is 1. The summed E-state index contributed by atoms with van der Waals surface area (Å²) < 4.78 is 40.3. The van der Waals surface area contributed by atoms with Gasteiger partial charge in [0, 0.05) is 31.5 Å². The molecule has 7 heteroatoms. The summed E-state index contributed by atoms with van der Waals surface area (Å²) in [6.07, 6.45) is -3.29. The van der Waals surface area contributed by atoms with Gasteiger partial charge in [0.2, 0.25) is 5.91 Å². The molecule has 1 aromatic heterocycles. The average molecular weight is 429 g/mol. The van der Waals surface area contributed by atoms with E-state index in [1.807, 2.05) is 36.4 Å². The van der Waals surface area contributed by atoms with Gasteiger partial charge in [-0.3, -0.25) is 4.79 Å². The molecule has 2 aromatic carbocycles. The summed E-state index contributed by atoms with van der Waals surface area (Å²) in [5.41, 5.74) is 3.17. The molecule has 2 heterocycles. The number of hydrogen-bond donors (Lipinski definition) is 0. The summed E-state index contributed by atoms with van der Waals surface area (Å²) in [6, 6.07) is 18.3. The molecule has 0 N–H and O–H groups in total. The van der Waals surface area contributed by atoms with Gasteiger partial charge in [-0.1, -0.05) is 49.4 Å². The van der Waals surface area contributed by atoms with Gasteiger partial charge in [0.05, 0.1) is 17.5 Å². The van der Waals surface area contributed by atoms with E-state index in [1.54, 1.807) is 4.90 Å². The van der Waals surface area contributed by atoms with E-state index in [0.29, 0.717) is 32.4 Å². The monoisotopic (exact) mass is 429 g/mol. The topological polar surface area (TPSA) is 38.1 Å². The van der Waals surface area contributed by atoms with Crippen LogP contribution in [-0.4, -0.2) is 39.6 Å². The van der Waals surface area contributed by atoms with Crippen molar-refractivity contribution in [2.24, 2.45) is 5.92 Å². The lowest BCUT2D eigenvalue weighted by Crippen LogP contribution is -2.42.